The highest BCUT2D eigenvalue weighted by molar-refractivity contribution is 5.85. The number of hydrogen-bond donors (Lipinski definition) is 2. The molecule has 1 aromatic heterocycles. The second-order valence-electron chi connectivity index (χ2n) is 3.98. The molecule has 4 nitrogen and oxygen atoms in total. The van der Waals surface area contributed by atoms with E-state index in [2.05, 4.69) is 20.6 Å². The Kier molecular flexibility index (Phi) is 6.11. The molecule has 16 heavy (non-hydrogen) atoms. The molecule has 1 aliphatic rings. The lowest BCUT2D eigenvalue weighted by Crippen LogP contribution is -2.28. The van der Waals surface area contributed by atoms with Gasteiger partial charge < -0.3 is 10.6 Å². The van der Waals surface area contributed by atoms with Crippen molar-refractivity contribution in [3.8, 4) is 0 Å². The second-order valence-corrected chi connectivity index (χ2v) is 3.98. The van der Waals surface area contributed by atoms with Crippen molar-refractivity contribution >= 4 is 18.4 Å². The van der Waals surface area contributed by atoms with Gasteiger partial charge in [-0.2, -0.15) is 0 Å². The van der Waals surface area contributed by atoms with E-state index in [9.17, 15) is 0 Å². The Bertz CT molecular complexity index is 275. The largest absolute Gasteiger partial charge is 0.354 e. The van der Waals surface area contributed by atoms with Crippen LogP contribution in [0.1, 0.15) is 19.3 Å². The smallest absolute Gasteiger partial charge is 0.222 e. The number of rotatable bonds is 4. The van der Waals surface area contributed by atoms with E-state index in [0.29, 0.717) is 0 Å². The molecule has 2 N–H and O–H groups in total. The van der Waals surface area contributed by atoms with Gasteiger partial charge in [0.2, 0.25) is 5.95 Å². The van der Waals surface area contributed by atoms with E-state index in [-0.39, 0.29) is 12.4 Å². The number of anilines is 1. The SMILES string of the molecule is Cl.c1cnc(NCCC2CCNCC2)nc1. The molecule has 1 fully saturated rings. The fourth-order valence-electron chi connectivity index (χ4n) is 1.95. The molecule has 1 aromatic rings. The van der Waals surface area contributed by atoms with Crippen molar-refractivity contribution in [3.63, 3.8) is 0 Å². The fourth-order valence-corrected chi connectivity index (χ4v) is 1.95. The summed E-state index contributed by atoms with van der Waals surface area (Å²) in [5.74, 6) is 1.61. The molecule has 2 rings (SSSR count). The Hall–Kier alpha value is -0.870. The standard InChI is InChI=1S/C11H18N4.ClH/c1-5-13-11(14-6-1)15-9-4-10-2-7-12-8-3-10;/h1,5-6,10,12H,2-4,7-9H2,(H,13,14,15);1H. The van der Waals surface area contributed by atoms with Crippen LogP contribution in [-0.4, -0.2) is 29.6 Å². The quantitative estimate of drug-likeness (QED) is 0.844. The normalized spacial score (nSPS) is 16.5. The van der Waals surface area contributed by atoms with Gasteiger partial charge in [0, 0.05) is 18.9 Å². The van der Waals surface area contributed by atoms with E-state index in [1.165, 1.54) is 32.4 Å². The molecule has 2 heterocycles. The van der Waals surface area contributed by atoms with Gasteiger partial charge in [0.25, 0.3) is 0 Å². The second kappa shape index (κ2) is 7.41. The summed E-state index contributed by atoms with van der Waals surface area (Å²) < 4.78 is 0. The number of halogens is 1. The molecular weight excluding hydrogens is 224 g/mol. The first kappa shape index (κ1) is 13.2. The predicted octanol–water partition coefficient (Wildman–Crippen LogP) is 1.70. The average Bonchev–Trinajstić information content (AvgIpc) is 2.32. The molecule has 0 amide bonds. The Morgan fingerprint density at radius 2 is 1.94 bits per heavy atom. The van der Waals surface area contributed by atoms with Crippen molar-refractivity contribution in [1.29, 1.82) is 0 Å². The van der Waals surface area contributed by atoms with Crippen molar-refractivity contribution in [2.45, 2.75) is 19.3 Å². The lowest BCUT2D eigenvalue weighted by atomic mass is 9.95. The number of nitrogens with one attached hydrogen (secondary N) is 2. The summed E-state index contributed by atoms with van der Waals surface area (Å²) in [6.45, 7) is 3.33. The summed E-state index contributed by atoms with van der Waals surface area (Å²) in [6, 6.07) is 1.83. The predicted molar refractivity (Wildman–Crippen MR) is 68.0 cm³/mol. The molecule has 1 aliphatic heterocycles. The van der Waals surface area contributed by atoms with Crippen LogP contribution in [0.25, 0.3) is 0 Å². The van der Waals surface area contributed by atoms with Crippen molar-refractivity contribution in [3.05, 3.63) is 18.5 Å². The van der Waals surface area contributed by atoms with Gasteiger partial charge in [0.15, 0.2) is 0 Å². The Morgan fingerprint density at radius 1 is 1.25 bits per heavy atom. The van der Waals surface area contributed by atoms with Gasteiger partial charge in [-0.25, -0.2) is 9.97 Å². The first-order valence-electron chi connectivity index (χ1n) is 5.67. The molecule has 0 aromatic carbocycles. The Labute approximate surface area is 103 Å². The number of hydrogen-bond acceptors (Lipinski definition) is 4. The van der Waals surface area contributed by atoms with Crippen molar-refractivity contribution < 1.29 is 0 Å². The summed E-state index contributed by atoms with van der Waals surface area (Å²) >= 11 is 0. The third-order valence-electron chi connectivity index (χ3n) is 2.86. The van der Waals surface area contributed by atoms with E-state index in [0.717, 1.165) is 18.4 Å². The molecule has 0 bridgehead atoms. The summed E-state index contributed by atoms with van der Waals surface area (Å²) in [7, 11) is 0. The highest BCUT2D eigenvalue weighted by Gasteiger charge is 2.11. The number of aromatic nitrogens is 2. The highest BCUT2D eigenvalue weighted by Crippen LogP contribution is 2.15. The average molecular weight is 243 g/mol. The fraction of sp³-hybridized carbons (Fsp3) is 0.636. The van der Waals surface area contributed by atoms with Gasteiger partial charge in [-0.15, -0.1) is 12.4 Å². The van der Waals surface area contributed by atoms with Gasteiger partial charge in [-0.1, -0.05) is 0 Å². The van der Waals surface area contributed by atoms with Crippen LogP contribution in [0.3, 0.4) is 0 Å². The van der Waals surface area contributed by atoms with Crippen LogP contribution in [-0.2, 0) is 0 Å². The van der Waals surface area contributed by atoms with E-state index in [1.807, 2.05) is 6.07 Å². The van der Waals surface area contributed by atoms with Crippen molar-refractivity contribution in [2.24, 2.45) is 5.92 Å². The third-order valence-corrected chi connectivity index (χ3v) is 2.86. The maximum atomic E-state index is 4.13. The summed E-state index contributed by atoms with van der Waals surface area (Å²) in [5, 5.41) is 6.63. The van der Waals surface area contributed by atoms with Crippen LogP contribution < -0.4 is 10.6 Å². The maximum Gasteiger partial charge on any atom is 0.222 e. The minimum Gasteiger partial charge on any atom is -0.354 e. The number of nitrogens with zero attached hydrogens (tertiary/aromatic N) is 2. The van der Waals surface area contributed by atoms with Crippen LogP contribution in [0.5, 0.6) is 0 Å². The van der Waals surface area contributed by atoms with Crippen LogP contribution in [0.15, 0.2) is 18.5 Å². The molecule has 0 atom stereocenters. The van der Waals surface area contributed by atoms with Crippen molar-refractivity contribution in [1.82, 2.24) is 15.3 Å². The molecule has 90 valence electrons. The Morgan fingerprint density at radius 3 is 2.62 bits per heavy atom. The third kappa shape index (κ3) is 4.33. The zero-order valence-corrected chi connectivity index (χ0v) is 10.2. The van der Waals surface area contributed by atoms with Gasteiger partial charge in [0.05, 0.1) is 0 Å². The van der Waals surface area contributed by atoms with Gasteiger partial charge in [-0.3, -0.25) is 0 Å². The van der Waals surface area contributed by atoms with Crippen LogP contribution in [0.4, 0.5) is 5.95 Å². The Balaban J connectivity index is 0.00000128. The van der Waals surface area contributed by atoms with Crippen LogP contribution >= 0.6 is 12.4 Å². The van der Waals surface area contributed by atoms with E-state index in [4.69, 9.17) is 0 Å². The highest BCUT2D eigenvalue weighted by atomic mass is 35.5. The minimum atomic E-state index is 0. The zero-order chi connectivity index (χ0) is 10.3. The lowest BCUT2D eigenvalue weighted by molar-refractivity contribution is 0.361. The molecule has 0 saturated carbocycles. The van der Waals surface area contributed by atoms with Gasteiger partial charge in [-0.05, 0) is 44.3 Å². The van der Waals surface area contributed by atoms with Crippen molar-refractivity contribution in [2.75, 3.05) is 25.0 Å². The first-order valence-corrected chi connectivity index (χ1v) is 5.67. The number of piperidine rings is 1. The topological polar surface area (TPSA) is 49.8 Å². The van der Waals surface area contributed by atoms with Gasteiger partial charge >= 0.3 is 0 Å². The molecule has 0 radical (unpaired) electrons. The summed E-state index contributed by atoms with van der Waals surface area (Å²) in [5.41, 5.74) is 0. The lowest BCUT2D eigenvalue weighted by Gasteiger charge is -2.22. The first-order chi connectivity index (χ1) is 7.45. The molecule has 1 saturated heterocycles. The van der Waals surface area contributed by atoms with Gasteiger partial charge in [0.1, 0.15) is 0 Å². The monoisotopic (exact) mass is 242 g/mol. The van der Waals surface area contributed by atoms with E-state index >= 15 is 0 Å². The van der Waals surface area contributed by atoms with E-state index < -0.39 is 0 Å². The van der Waals surface area contributed by atoms with Crippen LogP contribution in [0.2, 0.25) is 0 Å². The molecule has 0 unspecified atom stereocenters. The molecule has 0 aliphatic carbocycles. The molecular formula is C11H19ClN4. The molecule has 5 heteroatoms. The molecule has 0 spiro atoms. The minimum absolute atomic E-state index is 0. The van der Waals surface area contributed by atoms with Crippen LogP contribution in [0, 0.1) is 5.92 Å². The maximum absolute atomic E-state index is 4.13. The zero-order valence-electron chi connectivity index (χ0n) is 9.35. The summed E-state index contributed by atoms with van der Waals surface area (Å²) in [6.07, 6.45) is 7.36. The summed E-state index contributed by atoms with van der Waals surface area (Å²) in [4.78, 5) is 8.25. The van der Waals surface area contributed by atoms with E-state index in [1.54, 1.807) is 12.4 Å².